The lowest BCUT2D eigenvalue weighted by molar-refractivity contribution is -0.116. The Morgan fingerprint density at radius 2 is 1.71 bits per heavy atom. The van der Waals surface area contributed by atoms with Crippen molar-refractivity contribution in [3.63, 3.8) is 0 Å². The molecule has 2 rings (SSSR count). The summed E-state index contributed by atoms with van der Waals surface area (Å²) in [5.74, 6) is -0.816. The highest BCUT2D eigenvalue weighted by molar-refractivity contribution is 7.88. The first kappa shape index (κ1) is 18.4. The highest BCUT2D eigenvalue weighted by Crippen LogP contribution is 2.21. The van der Waals surface area contributed by atoms with E-state index in [0.29, 0.717) is 16.3 Å². The smallest absolute Gasteiger partial charge is 0.226 e. The first-order valence-electron chi connectivity index (χ1n) is 7.01. The van der Waals surface area contributed by atoms with E-state index in [4.69, 9.17) is 11.6 Å². The normalized spacial score (nSPS) is 12.6. The Hall–Kier alpha value is -1.96. The maximum Gasteiger partial charge on any atom is 0.226 e. The molecule has 0 aliphatic heterocycles. The number of carbonyl (C=O) groups is 1. The van der Waals surface area contributed by atoms with E-state index in [1.807, 2.05) is 0 Å². The topological polar surface area (TPSA) is 75.3 Å². The predicted octanol–water partition coefficient (Wildman–Crippen LogP) is 3.10. The number of benzene rings is 2. The van der Waals surface area contributed by atoms with Crippen molar-refractivity contribution >= 4 is 33.2 Å². The van der Waals surface area contributed by atoms with E-state index in [9.17, 15) is 17.6 Å². The molecule has 0 fully saturated rings. The maximum atomic E-state index is 12.9. The number of rotatable bonds is 6. The van der Waals surface area contributed by atoms with Crippen LogP contribution in [0.1, 0.15) is 18.0 Å². The van der Waals surface area contributed by atoms with Crippen LogP contribution >= 0.6 is 11.6 Å². The molecule has 0 heterocycles. The number of halogens is 2. The Bertz CT molecular complexity index is 808. The van der Waals surface area contributed by atoms with Crippen LogP contribution in [-0.2, 0) is 14.8 Å². The van der Waals surface area contributed by atoms with Gasteiger partial charge in [-0.1, -0.05) is 23.7 Å². The average Bonchev–Trinajstić information content (AvgIpc) is 2.48. The van der Waals surface area contributed by atoms with E-state index < -0.39 is 27.8 Å². The summed E-state index contributed by atoms with van der Waals surface area (Å²) in [4.78, 5) is 12.2. The van der Waals surface area contributed by atoms with Gasteiger partial charge in [-0.15, -0.1) is 0 Å². The van der Waals surface area contributed by atoms with Gasteiger partial charge in [0.15, 0.2) is 0 Å². The van der Waals surface area contributed by atoms with E-state index in [1.54, 1.807) is 24.3 Å². The molecule has 0 aromatic heterocycles. The number of sulfonamides is 1. The molecule has 2 aromatic carbocycles. The fourth-order valence-corrected chi connectivity index (χ4v) is 2.97. The summed E-state index contributed by atoms with van der Waals surface area (Å²) < 4.78 is 38.4. The lowest BCUT2D eigenvalue weighted by Gasteiger charge is -2.18. The standard InChI is InChI=1S/C16H16ClFN2O3S/c1-24(22,23)20-15(11-2-4-12(17)5-3-11)10-16(21)19-14-8-6-13(18)7-9-14/h2-9,15,20H,10H2,1H3,(H,19,21)/t15-/m1/s1. The van der Waals surface area contributed by atoms with Crippen LogP contribution in [0.2, 0.25) is 5.02 Å². The molecule has 0 aliphatic carbocycles. The Kier molecular flexibility index (Phi) is 5.93. The van der Waals surface area contributed by atoms with Crippen LogP contribution in [0.3, 0.4) is 0 Å². The molecule has 2 aromatic rings. The summed E-state index contributed by atoms with van der Waals surface area (Å²) in [7, 11) is -3.52. The molecule has 0 aliphatic rings. The van der Waals surface area contributed by atoms with Crippen molar-refractivity contribution in [2.75, 3.05) is 11.6 Å². The van der Waals surface area contributed by atoms with Gasteiger partial charge in [0.25, 0.3) is 0 Å². The third-order valence-corrected chi connectivity index (χ3v) is 4.11. The zero-order chi connectivity index (χ0) is 17.7. The van der Waals surface area contributed by atoms with E-state index in [0.717, 1.165) is 6.26 Å². The minimum Gasteiger partial charge on any atom is -0.326 e. The minimum atomic E-state index is -3.52. The number of amides is 1. The molecule has 0 radical (unpaired) electrons. The van der Waals surface area contributed by atoms with Crippen molar-refractivity contribution in [3.05, 3.63) is 64.9 Å². The summed E-state index contributed by atoms with van der Waals surface area (Å²) in [5, 5.41) is 3.11. The molecule has 0 saturated heterocycles. The van der Waals surface area contributed by atoms with Gasteiger partial charge < -0.3 is 5.32 Å². The quantitative estimate of drug-likeness (QED) is 0.820. The third-order valence-electron chi connectivity index (χ3n) is 3.15. The average molecular weight is 371 g/mol. The molecule has 2 N–H and O–H groups in total. The largest absolute Gasteiger partial charge is 0.326 e. The summed E-state index contributed by atoms with van der Waals surface area (Å²) in [5.41, 5.74) is 1.04. The molecule has 8 heteroatoms. The molecule has 1 atom stereocenters. The number of carbonyl (C=O) groups excluding carboxylic acids is 1. The molecule has 0 spiro atoms. The van der Waals surface area contributed by atoms with E-state index in [1.165, 1.54) is 24.3 Å². The summed E-state index contributed by atoms with van der Waals surface area (Å²) in [6, 6.07) is 11.1. The fraction of sp³-hybridized carbons (Fsp3) is 0.188. The predicted molar refractivity (Wildman–Crippen MR) is 91.8 cm³/mol. The van der Waals surface area contributed by atoms with Gasteiger partial charge in [-0.3, -0.25) is 4.79 Å². The lowest BCUT2D eigenvalue weighted by Crippen LogP contribution is -2.30. The summed E-state index contributed by atoms with van der Waals surface area (Å²) in [6.45, 7) is 0. The summed E-state index contributed by atoms with van der Waals surface area (Å²) in [6.07, 6.45) is 0.903. The van der Waals surface area contributed by atoms with Gasteiger partial charge in [0.05, 0.1) is 12.3 Å². The zero-order valence-electron chi connectivity index (χ0n) is 12.8. The molecule has 1 amide bonds. The monoisotopic (exact) mass is 370 g/mol. The van der Waals surface area contributed by atoms with Crippen molar-refractivity contribution in [1.82, 2.24) is 4.72 Å². The van der Waals surface area contributed by atoms with Crippen molar-refractivity contribution < 1.29 is 17.6 Å². The second-order valence-electron chi connectivity index (χ2n) is 5.25. The van der Waals surface area contributed by atoms with Crippen molar-refractivity contribution in [2.24, 2.45) is 0 Å². The van der Waals surface area contributed by atoms with Crippen LogP contribution in [0, 0.1) is 5.82 Å². The molecular formula is C16H16ClFN2O3S. The fourth-order valence-electron chi connectivity index (χ4n) is 2.11. The number of hydrogen-bond donors (Lipinski definition) is 2. The zero-order valence-corrected chi connectivity index (χ0v) is 14.4. The maximum absolute atomic E-state index is 12.9. The Morgan fingerprint density at radius 3 is 2.25 bits per heavy atom. The van der Waals surface area contributed by atoms with Crippen LogP contribution in [0.25, 0.3) is 0 Å². The summed E-state index contributed by atoms with van der Waals surface area (Å²) >= 11 is 5.83. The third kappa shape index (κ3) is 5.92. The van der Waals surface area contributed by atoms with Gasteiger partial charge in [0.2, 0.25) is 15.9 Å². The second kappa shape index (κ2) is 7.74. The first-order valence-corrected chi connectivity index (χ1v) is 9.28. The molecule has 24 heavy (non-hydrogen) atoms. The SMILES string of the molecule is CS(=O)(=O)N[C@H](CC(=O)Nc1ccc(F)cc1)c1ccc(Cl)cc1. The van der Waals surface area contributed by atoms with E-state index in [2.05, 4.69) is 10.0 Å². The first-order chi connectivity index (χ1) is 11.2. The molecule has 0 bridgehead atoms. The van der Waals surface area contributed by atoms with E-state index >= 15 is 0 Å². The number of nitrogens with one attached hydrogen (secondary N) is 2. The van der Waals surface area contributed by atoms with Crippen molar-refractivity contribution in [2.45, 2.75) is 12.5 Å². The van der Waals surface area contributed by atoms with E-state index in [-0.39, 0.29) is 6.42 Å². The number of anilines is 1. The van der Waals surface area contributed by atoms with Gasteiger partial charge in [-0.25, -0.2) is 17.5 Å². The van der Waals surface area contributed by atoms with Crippen LogP contribution < -0.4 is 10.0 Å². The van der Waals surface area contributed by atoms with Crippen LogP contribution in [0.4, 0.5) is 10.1 Å². The molecule has 0 unspecified atom stereocenters. The Morgan fingerprint density at radius 1 is 1.12 bits per heavy atom. The molecule has 128 valence electrons. The lowest BCUT2D eigenvalue weighted by atomic mass is 10.0. The van der Waals surface area contributed by atoms with Gasteiger partial charge in [-0.05, 0) is 42.0 Å². The van der Waals surface area contributed by atoms with Gasteiger partial charge in [-0.2, -0.15) is 0 Å². The van der Waals surface area contributed by atoms with Crippen LogP contribution in [0.5, 0.6) is 0 Å². The van der Waals surface area contributed by atoms with Gasteiger partial charge >= 0.3 is 0 Å². The highest BCUT2D eigenvalue weighted by Gasteiger charge is 2.20. The van der Waals surface area contributed by atoms with Crippen LogP contribution in [0.15, 0.2) is 48.5 Å². The highest BCUT2D eigenvalue weighted by atomic mass is 35.5. The Balaban J connectivity index is 2.13. The second-order valence-corrected chi connectivity index (χ2v) is 7.47. The van der Waals surface area contributed by atoms with Gasteiger partial charge in [0.1, 0.15) is 5.82 Å². The molecule has 5 nitrogen and oxygen atoms in total. The van der Waals surface area contributed by atoms with Gasteiger partial charge in [0, 0.05) is 17.1 Å². The Labute approximate surface area is 144 Å². The molecule has 0 saturated carbocycles. The van der Waals surface area contributed by atoms with Crippen molar-refractivity contribution in [1.29, 1.82) is 0 Å². The minimum absolute atomic E-state index is 0.119. The number of hydrogen-bond acceptors (Lipinski definition) is 3. The van der Waals surface area contributed by atoms with Crippen LogP contribution in [-0.4, -0.2) is 20.6 Å². The molecular weight excluding hydrogens is 355 g/mol. The van der Waals surface area contributed by atoms with Crippen molar-refractivity contribution in [3.8, 4) is 0 Å².